The van der Waals surface area contributed by atoms with Crippen LogP contribution in [0.2, 0.25) is 0 Å². The molecule has 11 rings (SSSR count). The van der Waals surface area contributed by atoms with E-state index in [1.807, 2.05) is 6.07 Å². The average Bonchev–Trinajstić information content (AvgIpc) is 3.72. The van der Waals surface area contributed by atoms with Crippen LogP contribution in [0.25, 0.3) is 65.7 Å². The van der Waals surface area contributed by atoms with Crippen LogP contribution in [0.1, 0.15) is 49.9 Å². The molecule has 2 heteroatoms. The maximum Gasteiger partial charge on any atom is 0.136 e. The lowest BCUT2D eigenvalue weighted by Gasteiger charge is -2.29. The summed E-state index contributed by atoms with van der Waals surface area (Å²) in [6.07, 6.45) is 0. The first-order valence-electron chi connectivity index (χ1n) is 18.3. The number of rotatable bonds is 3. The van der Waals surface area contributed by atoms with Gasteiger partial charge in [-0.15, -0.1) is 0 Å². The lowest BCUT2D eigenvalue weighted by atomic mass is 9.80. The molecule has 8 aromatic carbocycles. The highest BCUT2D eigenvalue weighted by molar-refractivity contribution is 6.08. The van der Waals surface area contributed by atoms with Gasteiger partial charge in [-0.3, -0.25) is 0 Å². The molecule has 0 saturated carbocycles. The van der Waals surface area contributed by atoms with E-state index >= 15 is 0 Å². The molecule has 0 saturated heterocycles. The monoisotopic (exact) mass is 667 g/mol. The predicted molar refractivity (Wildman–Crippen MR) is 219 cm³/mol. The number of anilines is 3. The molecule has 0 bridgehead atoms. The lowest BCUT2D eigenvalue weighted by molar-refractivity contribution is 0.658. The standard InChI is InChI=1S/C50H37NO/c1-49(2)44-27-35(20-23-37(44)41-29-47-42(28-45(41)49)38-16-10-11-17-46(38)52-47)51(33-14-6-5-7-15-33)34-19-22-36-32(24-34)18-21-39-40-25-30-12-8-9-13-31(30)26-43(40)50(3,4)48(36)39/h5-29H,1-4H3. The Balaban J connectivity index is 1.06. The summed E-state index contributed by atoms with van der Waals surface area (Å²) in [6, 6.07) is 56.1. The molecule has 1 heterocycles. The minimum absolute atomic E-state index is 0.108. The summed E-state index contributed by atoms with van der Waals surface area (Å²) in [5.74, 6) is 0. The third-order valence-electron chi connectivity index (χ3n) is 12.2. The molecular formula is C50H37NO. The first kappa shape index (κ1) is 29.6. The molecule has 2 nitrogen and oxygen atoms in total. The van der Waals surface area contributed by atoms with Gasteiger partial charge in [0.1, 0.15) is 11.2 Å². The molecule has 248 valence electrons. The van der Waals surface area contributed by atoms with Crippen molar-refractivity contribution in [2.75, 3.05) is 4.90 Å². The van der Waals surface area contributed by atoms with E-state index in [1.165, 1.54) is 76.8 Å². The molecule has 0 atom stereocenters. The van der Waals surface area contributed by atoms with Crippen LogP contribution in [-0.4, -0.2) is 0 Å². The van der Waals surface area contributed by atoms with E-state index in [-0.39, 0.29) is 10.8 Å². The van der Waals surface area contributed by atoms with Gasteiger partial charge in [-0.1, -0.05) is 113 Å². The van der Waals surface area contributed by atoms with E-state index in [2.05, 4.69) is 178 Å². The van der Waals surface area contributed by atoms with Crippen LogP contribution >= 0.6 is 0 Å². The van der Waals surface area contributed by atoms with Gasteiger partial charge in [-0.25, -0.2) is 0 Å². The Labute approximate surface area is 303 Å². The maximum atomic E-state index is 6.34. The fraction of sp³-hybridized carbons (Fsp3) is 0.120. The number of hydrogen-bond donors (Lipinski definition) is 0. The molecule has 0 amide bonds. The van der Waals surface area contributed by atoms with E-state index in [4.69, 9.17) is 4.42 Å². The van der Waals surface area contributed by atoms with Gasteiger partial charge in [0.15, 0.2) is 0 Å². The molecule has 52 heavy (non-hydrogen) atoms. The summed E-state index contributed by atoms with van der Waals surface area (Å²) in [5.41, 5.74) is 15.8. The van der Waals surface area contributed by atoms with Gasteiger partial charge in [0.05, 0.1) is 0 Å². The number of para-hydroxylation sites is 2. The van der Waals surface area contributed by atoms with Gasteiger partial charge in [0, 0.05) is 38.7 Å². The first-order valence-corrected chi connectivity index (χ1v) is 18.3. The van der Waals surface area contributed by atoms with Crippen molar-refractivity contribution in [1.29, 1.82) is 0 Å². The third-order valence-corrected chi connectivity index (χ3v) is 12.2. The molecule has 0 radical (unpaired) electrons. The second kappa shape index (κ2) is 10.2. The Morgan fingerprint density at radius 1 is 0.385 bits per heavy atom. The second-order valence-corrected chi connectivity index (χ2v) is 15.8. The predicted octanol–water partition coefficient (Wildman–Crippen LogP) is 14.0. The second-order valence-electron chi connectivity index (χ2n) is 15.8. The Morgan fingerprint density at radius 2 is 1.04 bits per heavy atom. The summed E-state index contributed by atoms with van der Waals surface area (Å²) >= 11 is 0. The number of fused-ring (bicyclic) bond motifs is 12. The Kier molecular flexibility index (Phi) is 5.83. The number of benzene rings is 8. The highest BCUT2D eigenvalue weighted by atomic mass is 16.3. The summed E-state index contributed by atoms with van der Waals surface area (Å²) in [7, 11) is 0. The molecular weight excluding hydrogens is 631 g/mol. The quantitative estimate of drug-likeness (QED) is 0.186. The van der Waals surface area contributed by atoms with Gasteiger partial charge in [-0.05, 0) is 133 Å². The molecule has 0 aliphatic heterocycles. The van der Waals surface area contributed by atoms with Crippen LogP contribution in [0.5, 0.6) is 0 Å². The van der Waals surface area contributed by atoms with E-state index in [1.54, 1.807) is 0 Å². The van der Waals surface area contributed by atoms with Crippen molar-refractivity contribution < 1.29 is 4.42 Å². The largest absolute Gasteiger partial charge is 0.456 e. The first-order chi connectivity index (χ1) is 25.3. The van der Waals surface area contributed by atoms with Crippen LogP contribution in [0.15, 0.2) is 156 Å². The van der Waals surface area contributed by atoms with E-state index in [0.717, 1.165) is 28.2 Å². The highest BCUT2D eigenvalue weighted by Crippen LogP contribution is 2.54. The third kappa shape index (κ3) is 3.95. The molecule has 2 aliphatic rings. The zero-order valence-corrected chi connectivity index (χ0v) is 29.8. The summed E-state index contributed by atoms with van der Waals surface area (Å²) in [6.45, 7) is 9.50. The van der Waals surface area contributed by atoms with Crippen LogP contribution < -0.4 is 4.90 Å². The molecule has 0 N–H and O–H groups in total. The number of furan rings is 1. The number of nitrogens with zero attached hydrogens (tertiary/aromatic N) is 1. The average molecular weight is 668 g/mol. The zero-order chi connectivity index (χ0) is 34.9. The summed E-state index contributed by atoms with van der Waals surface area (Å²) in [5, 5.41) is 7.53. The van der Waals surface area contributed by atoms with Crippen molar-refractivity contribution in [3.8, 4) is 22.3 Å². The van der Waals surface area contributed by atoms with Crippen molar-refractivity contribution in [3.63, 3.8) is 0 Å². The van der Waals surface area contributed by atoms with Gasteiger partial charge < -0.3 is 9.32 Å². The van der Waals surface area contributed by atoms with Gasteiger partial charge in [-0.2, -0.15) is 0 Å². The highest BCUT2D eigenvalue weighted by Gasteiger charge is 2.38. The minimum Gasteiger partial charge on any atom is -0.456 e. The smallest absolute Gasteiger partial charge is 0.136 e. The molecule has 2 aliphatic carbocycles. The van der Waals surface area contributed by atoms with Crippen molar-refractivity contribution in [1.82, 2.24) is 0 Å². The molecule has 9 aromatic rings. The minimum atomic E-state index is -0.176. The van der Waals surface area contributed by atoms with Crippen LogP contribution in [0.3, 0.4) is 0 Å². The molecule has 0 unspecified atom stereocenters. The lowest BCUT2D eigenvalue weighted by Crippen LogP contribution is -2.17. The van der Waals surface area contributed by atoms with Crippen LogP contribution in [0.4, 0.5) is 17.1 Å². The van der Waals surface area contributed by atoms with Crippen LogP contribution in [-0.2, 0) is 10.8 Å². The van der Waals surface area contributed by atoms with Crippen molar-refractivity contribution in [2.24, 2.45) is 0 Å². The topological polar surface area (TPSA) is 16.4 Å². The zero-order valence-electron chi connectivity index (χ0n) is 29.8. The fourth-order valence-electron chi connectivity index (χ4n) is 9.57. The van der Waals surface area contributed by atoms with Crippen molar-refractivity contribution in [2.45, 2.75) is 38.5 Å². The van der Waals surface area contributed by atoms with Crippen molar-refractivity contribution in [3.05, 3.63) is 174 Å². The van der Waals surface area contributed by atoms with Crippen molar-refractivity contribution >= 4 is 60.5 Å². The Hall–Kier alpha value is -6.12. The molecule has 1 aromatic heterocycles. The molecule has 0 spiro atoms. The number of hydrogen-bond acceptors (Lipinski definition) is 2. The molecule has 0 fully saturated rings. The maximum absolute atomic E-state index is 6.34. The van der Waals surface area contributed by atoms with E-state index in [9.17, 15) is 0 Å². The Bertz CT molecular complexity index is 2960. The Morgan fingerprint density at radius 3 is 1.88 bits per heavy atom. The summed E-state index contributed by atoms with van der Waals surface area (Å²) < 4.78 is 6.34. The van der Waals surface area contributed by atoms with E-state index < -0.39 is 0 Å². The SMILES string of the molecule is CC1(C)c2cc(N(c3ccccc3)c3ccc4c5c(ccc4c3)-c3cc4ccccc4cc3C5(C)C)ccc2-c2cc3oc4ccccc4c3cc21. The summed E-state index contributed by atoms with van der Waals surface area (Å²) in [4.78, 5) is 2.41. The van der Waals surface area contributed by atoms with Gasteiger partial charge in [0.2, 0.25) is 0 Å². The van der Waals surface area contributed by atoms with Crippen LogP contribution in [0, 0.1) is 0 Å². The van der Waals surface area contributed by atoms with E-state index in [0.29, 0.717) is 0 Å². The van der Waals surface area contributed by atoms with Gasteiger partial charge in [0.25, 0.3) is 0 Å². The van der Waals surface area contributed by atoms with Gasteiger partial charge >= 0.3 is 0 Å². The fourth-order valence-corrected chi connectivity index (χ4v) is 9.57. The normalized spacial score (nSPS) is 14.8.